The average molecular weight is 563 g/mol. The number of hydrogen-bond acceptors (Lipinski definition) is 5. The van der Waals surface area contributed by atoms with Gasteiger partial charge in [-0.25, -0.2) is 0 Å². The van der Waals surface area contributed by atoms with Gasteiger partial charge in [0.2, 0.25) is 0 Å². The van der Waals surface area contributed by atoms with Crippen LogP contribution >= 0.6 is 0 Å². The van der Waals surface area contributed by atoms with Gasteiger partial charge in [0.15, 0.2) is 0 Å². The SMILES string of the molecule is C=CC.C=Nc1cc(CN2CCCC(N)C2)ccc1N(C)Cc1cc2ccccc2n1CC.CC(C)C.CN(C)C. The fourth-order valence-electron chi connectivity index (χ4n) is 4.71. The van der Waals surface area contributed by atoms with Gasteiger partial charge in [-0.2, -0.15) is 0 Å². The molecule has 1 aromatic heterocycles. The molecule has 228 valence electrons. The molecule has 41 heavy (non-hydrogen) atoms. The molecule has 6 heteroatoms. The predicted octanol–water partition coefficient (Wildman–Crippen LogP) is 7.59. The molecule has 6 nitrogen and oxygen atoms in total. The van der Waals surface area contributed by atoms with E-state index >= 15 is 0 Å². The van der Waals surface area contributed by atoms with Gasteiger partial charge in [0.1, 0.15) is 0 Å². The van der Waals surface area contributed by atoms with E-state index in [2.05, 4.69) is 116 Å². The first kappa shape index (κ1) is 36.1. The van der Waals surface area contributed by atoms with Gasteiger partial charge in [-0.3, -0.25) is 9.89 Å². The Hall–Kier alpha value is -2.93. The van der Waals surface area contributed by atoms with Crippen molar-refractivity contribution in [2.75, 3.05) is 46.2 Å². The second kappa shape index (κ2) is 19.2. The summed E-state index contributed by atoms with van der Waals surface area (Å²) in [6, 6.07) is 17.8. The van der Waals surface area contributed by atoms with Gasteiger partial charge < -0.3 is 20.1 Å². The van der Waals surface area contributed by atoms with Crippen LogP contribution in [0.15, 0.2) is 66.2 Å². The smallest absolute Gasteiger partial charge is 0.0859 e. The first-order valence-corrected chi connectivity index (χ1v) is 15.0. The number of fused-ring (bicyclic) bond motifs is 1. The number of para-hydroxylation sites is 1. The fourth-order valence-corrected chi connectivity index (χ4v) is 4.71. The lowest BCUT2D eigenvalue weighted by Gasteiger charge is -2.31. The number of aryl methyl sites for hydroxylation is 1. The highest BCUT2D eigenvalue weighted by molar-refractivity contribution is 5.81. The number of benzene rings is 2. The number of aliphatic imine (C=N–C) groups is 1. The topological polar surface area (TPSA) is 53.0 Å². The Labute approximate surface area is 251 Å². The quantitative estimate of drug-likeness (QED) is 0.238. The summed E-state index contributed by atoms with van der Waals surface area (Å²) < 4.78 is 2.39. The van der Waals surface area contributed by atoms with Gasteiger partial charge in [0.05, 0.1) is 17.9 Å². The number of nitrogens with zero attached hydrogens (tertiary/aromatic N) is 5. The maximum Gasteiger partial charge on any atom is 0.0859 e. The number of piperidine rings is 1. The molecule has 3 aromatic rings. The van der Waals surface area contributed by atoms with E-state index in [1.807, 2.05) is 33.0 Å². The van der Waals surface area contributed by atoms with Gasteiger partial charge in [-0.05, 0) is 102 Å². The van der Waals surface area contributed by atoms with Crippen molar-refractivity contribution in [3.8, 4) is 0 Å². The van der Waals surface area contributed by atoms with Crippen LogP contribution in [-0.4, -0.2) is 68.4 Å². The molecule has 1 unspecified atom stereocenters. The molecule has 1 atom stereocenters. The molecular formula is C35H58N6. The van der Waals surface area contributed by atoms with Crippen molar-refractivity contribution in [1.29, 1.82) is 0 Å². The van der Waals surface area contributed by atoms with Crippen molar-refractivity contribution in [3.05, 3.63) is 72.4 Å². The lowest BCUT2D eigenvalue weighted by Crippen LogP contribution is -2.42. The van der Waals surface area contributed by atoms with E-state index in [4.69, 9.17) is 5.73 Å². The Morgan fingerprint density at radius 1 is 1.07 bits per heavy atom. The van der Waals surface area contributed by atoms with Crippen LogP contribution < -0.4 is 10.6 Å². The molecule has 0 spiro atoms. The maximum atomic E-state index is 6.14. The van der Waals surface area contributed by atoms with Gasteiger partial charge in [0.25, 0.3) is 0 Å². The summed E-state index contributed by atoms with van der Waals surface area (Å²) in [6.45, 7) is 22.6. The van der Waals surface area contributed by atoms with Crippen LogP contribution in [0.4, 0.5) is 11.4 Å². The average Bonchev–Trinajstić information content (AvgIpc) is 3.25. The molecule has 0 aliphatic carbocycles. The van der Waals surface area contributed by atoms with Crippen LogP contribution in [0.25, 0.3) is 10.9 Å². The number of anilines is 1. The van der Waals surface area contributed by atoms with Crippen LogP contribution in [0.5, 0.6) is 0 Å². The van der Waals surface area contributed by atoms with E-state index in [9.17, 15) is 0 Å². The molecule has 4 rings (SSSR count). The van der Waals surface area contributed by atoms with Gasteiger partial charge in [-0.1, -0.05) is 51.1 Å². The zero-order chi connectivity index (χ0) is 30.9. The van der Waals surface area contributed by atoms with Crippen LogP contribution in [-0.2, 0) is 19.6 Å². The Balaban J connectivity index is 0.000000659. The summed E-state index contributed by atoms with van der Waals surface area (Å²) in [5.41, 5.74) is 12.1. The molecule has 2 aromatic carbocycles. The van der Waals surface area contributed by atoms with Crippen molar-refractivity contribution in [1.82, 2.24) is 14.4 Å². The van der Waals surface area contributed by atoms with Crippen LogP contribution in [0.1, 0.15) is 58.7 Å². The minimum Gasteiger partial charge on any atom is -0.367 e. The van der Waals surface area contributed by atoms with Gasteiger partial charge in [0, 0.05) is 43.9 Å². The molecule has 1 saturated heterocycles. The second-order valence-electron chi connectivity index (χ2n) is 11.9. The number of hydrogen-bond donors (Lipinski definition) is 1. The number of allylic oxidation sites excluding steroid dienone is 1. The molecule has 0 bridgehead atoms. The molecular weight excluding hydrogens is 504 g/mol. The van der Waals surface area contributed by atoms with Crippen molar-refractivity contribution in [2.45, 2.75) is 73.1 Å². The third-order valence-electron chi connectivity index (χ3n) is 6.18. The van der Waals surface area contributed by atoms with E-state index in [1.54, 1.807) is 6.08 Å². The summed E-state index contributed by atoms with van der Waals surface area (Å²) in [5, 5.41) is 1.29. The Bertz CT molecular complexity index is 1150. The molecule has 1 aliphatic heterocycles. The Morgan fingerprint density at radius 2 is 1.68 bits per heavy atom. The zero-order valence-electron chi connectivity index (χ0n) is 27.5. The summed E-state index contributed by atoms with van der Waals surface area (Å²) in [7, 11) is 8.13. The summed E-state index contributed by atoms with van der Waals surface area (Å²) >= 11 is 0. The number of rotatable bonds is 7. The van der Waals surface area contributed by atoms with E-state index < -0.39 is 0 Å². The Morgan fingerprint density at radius 3 is 2.24 bits per heavy atom. The van der Waals surface area contributed by atoms with Crippen molar-refractivity contribution >= 4 is 29.0 Å². The van der Waals surface area contributed by atoms with E-state index in [0.29, 0.717) is 6.04 Å². The van der Waals surface area contributed by atoms with Crippen LogP contribution in [0.3, 0.4) is 0 Å². The second-order valence-corrected chi connectivity index (χ2v) is 11.9. The highest BCUT2D eigenvalue weighted by Gasteiger charge is 2.18. The third-order valence-corrected chi connectivity index (χ3v) is 6.18. The number of nitrogens with two attached hydrogens (primary N) is 1. The Kier molecular flexibility index (Phi) is 16.9. The molecule has 0 radical (unpaired) electrons. The molecule has 1 fully saturated rings. The van der Waals surface area contributed by atoms with E-state index in [0.717, 1.165) is 56.4 Å². The summed E-state index contributed by atoms with van der Waals surface area (Å²) in [6.07, 6.45) is 4.06. The van der Waals surface area contributed by atoms with Crippen molar-refractivity contribution in [3.63, 3.8) is 0 Å². The zero-order valence-corrected chi connectivity index (χ0v) is 27.5. The van der Waals surface area contributed by atoms with Crippen molar-refractivity contribution in [2.24, 2.45) is 16.6 Å². The molecule has 0 saturated carbocycles. The molecule has 1 aliphatic rings. The summed E-state index contributed by atoms with van der Waals surface area (Å²) in [5.74, 6) is 0.833. The molecule has 0 amide bonds. The van der Waals surface area contributed by atoms with Gasteiger partial charge >= 0.3 is 0 Å². The highest BCUT2D eigenvalue weighted by atomic mass is 15.2. The molecule has 2 heterocycles. The largest absolute Gasteiger partial charge is 0.367 e. The monoisotopic (exact) mass is 562 g/mol. The minimum absolute atomic E-state index is 0.298. The molecule has 2 N–H and O–H groups in total. The third kappa shape index (κ3) is 13.1. The lowest BCUT2D eigenvalue weighted by molar-refractivity contribution is 0.201. The number of aromatic nitrogens is 1. The predicted molar refractivity (Wildman–Crippen MR) is 184 cm³/mol. The normalized spacial score (nSPS) is 14.8. The highest BCUT2D eigenvalue weighted by Crippen LogP contribution is 2.31. The number of likely N-dealkylation sites (tertiary alicyclic amines) is 1. The van der Waals surface area contributed by atoms with E-state index in [-0.39, 0.29) is 0 Å². The van der Waals surface area contributed by atoms with Crippen LogP contribution in [0.2, 0.25) is 0 Å². The van der Waals surface area contributed by atoms with E-state index in [1.165, 1.54) is 28.6 Å². The fraction of sp³-hybridized carbons (Fsp3) is 0.514. The van der Waals surface area contributed by atoms with Gasteiger partial charge in [-0.15, -0.1) is 6.58 Å². The summed E-state index contributed by atoms with van der Waals surface area (Å²) in [4.78, 5) is 11.1. The first-order valence-electron chi connectivity index (χ1n) is 15.0. The van der Waals surface area contributed by atoms with Crippen LogP contribution in [0, 0.1) is 5.92 Å². The first-order chi connectivity index (χ1) is 19.5. The standard InChI is InChI=1S/C25H33N5.C4H10.C3H9N.C3H6/c1-4-30-22(15-20-8-5-6-10-24(20)30)18-28(3)25-12-11-19(14-23(25)27-2)16-29-13-7-9-21(26)17-29;2*1-4(2)3;1-3-2/h5-6,8,10-12,14-15,21H,2,4,7,9,13,16-18,26H2,1,3H3;4H,1-3H3;1-3H3;3H,1H2,2H3. The minimum atomic E-state index is 0.298. The lowest BCUT2D eigenvalue weighted by atomic mass is 10.1. The maximum absolute atomic E-state index is 6.14. The van der Waals surface area contributed by atoms with Crippen molar-refractivity contribution < 1.29 is 0 Å².